The van der Waals surface area contributed by atoms with Crippen molar-refractivity contribution in [2.75, 3.05) is 6.54 Å². The minimum absolute atomic E-state index is 0.173. The average molecular weight is 404 g/mol. The van der Waals surface area contributed by atoms with E-state index in [2.05, 4.69) is 16.7 Å². The molecule has 0 radical (unpaired) electrons. The van der Waals surface area contributed by atoms with Crippen molar-refractivity contribution in [2.45, 2.75) is 44.6 Å². The molecule has 0 saturated heterocycles. The predicted molar refractivity (Wildman–Crippen MR) is 110 cm³/mol. The van der Waals surface area contributed by atoms with Crippen LogP contribution < -0.4 is 4.72 Å². The van der Waals surface area contributed by atoms with Gasteiger partial charge in [-0.2, -0.15) is 5.10 Å². The highest BCUT2D eigenvalue weighted by Gasteiger charge is 2.22. The topological polar surface area (TPSA) is 64.0 Å². The summed E-state index contributed by atoms with van der Waals surface area (Å²) in [7, 11) is -3.58. The summed E-state index contributed by atoms with van der Waals surface area (Å²) >= 11 is 1.60. The first-order valence-corrected chi connectivity index (χ1v) is 11.4. The molecule has 0 aliphatic carbocycles. The number of aryl methyl sites for hydroxylation is 3. The molecule has 144 valence electrons. The van der Waals surface area contributed by atoms with Gasteiger partial charge in [-0.25, -0.2) is 13.1 Å². The van der Waals surface area contributed by atoms with Crippen LogP contribution >= 0.6 is 11.3 Å². The summed E-state index contributed by atoms with van der Waals surface area (Å²) in [6.45, 7) is 6.29. The highest BCUT2D eigenvalue weighted by Crippen LogP contribution is 2.24. The van der Waals surface area contributed by atoms with Gasteiger partial charge in [0.05, 0.1) is 16.6 Å². The summed E-state index contributed by atoms with van der Waals surface area (Å²) in [6, 6.07) is 12.9. The van der Waals surface area contributed by atoms with Crippen LogP contribution in [0.4, 0.5) is 0 Å². The van der Waals surface area contributed by atoms with Gasteiger partial charge in [-0.05, 0) is 55.5 Å². The second-order valence-corrected chi connectivity index (χ2v) is 9.39. The number of benzene rings is 1. The fourth-order valence-electron chi connectivity index (χ4n) is 3.15. The Morgan fingerprint density at radius 1 is 1.19 bits per heavy atom. The zero-order valence-corrected chi connectivity index (χ0v) is 17.5. The molecule has 0 fully saturated rings. The van der Waals surface area contributed by atoms with Crippen molar-refractivity contribution in [3.8, 4) is 0 Å². The van der Waals surface area contributed by atoms with Crippen LogP contribution in [-0.4, -0.2) is 24.7 Å². The van der Waals surface area contributed by atoms with Crippen LogP contribution in [0.3, 0.4) is 0 Å². The third kappa shape index (κ3) is 4.66. The maximum Gasteiger partial charge on any atom is 0.240 e. The molecule has 0 aliphatic heterocycles. The van der Waals surface area contributed by atoms with Crippen molar-refractivity contribution < 1.29 is 8.42 Å². The van der Waals surface area contributed by atoms with Crippen LogP contribution in [0.25, 0.3) is 0 Å². The number of sulfonamides is 1. The van der Waals surface area contributed by atoms with Gasteiger partial charge in [0.25, 0.3) is 0 Å². The lowest BCUT2D eigenvalue weighted by Crippen LogP contribution is -2.32. The maximum absolute atomic E-state index is 12.8. The van der Waals surface area contributed by atoms with Gasteiger partial charge < -0.3 is 0 Å². The molecule has 1 atom stereocenters. The first-order valence-electron chi connectivity index (χ1n) is 9.05. The zero-order valence-electron chi connectivity index (χ0n) is 15.8. The van der Waals surface area contributed by atoms with Crippen molar-refractivity contribution >= 4 is 21.4 Å². The molecule has 3 rings (SSSR count). The molecular formula is C20H25N3O2S2. The summed E-state index contributed by atoms with van der Waals surface area (Å²) in [5, 5.41) is 6.56. The summed E-state index contributed by atoms with van der Waals surface area (Å²) < 4.78 is 30.2. The number of rotatable bonds is 8. The molecule has 0 aliphatic rings. The van der Waals surface area contributed by atoms with E-state index in [0.717, 1.165) is 34.7 Å². The summed E-state index contributed by atoms with van der Waals surface area (Å²) in [4.78, 5) is 1.36. The van der Waals surface area contributed by atoms with Gasteiger partial charge in [-0.1, -0.05) is 31.5 Å². The Labute approximate surface area is 165 Å². The average Bonchev–Trinajstić information content (AvgIpc) is 3.26. The van der Waals surface area contributed by atoms with E-state index in [-0.39, 0.29) is 12.6 Å². The maximum atomic E-state index is 12.8. The molecule has 1 aromatic carbocycles. The minimum atomic E-state index is -3.58. The van der Waals surface area contributed by atoms with Crippen molar-refractivity contribution in [1.82, 2.24) is 14.5 Å². The van der Waals surface area contributed by atoms with E-state index in [1.807, 2.05) is 54.2 Å². The van der Waals surface area contributed by atoms with E-state index < -0.39 is 10.0 Å². The van der Waals surface area contributed by atoms with Gasteiger partial charge in [0.1, 0.15) is 0 Å². The second-order valence-electron chi connectivity index (χ2n) is 6.65. The Balaban J connectivity index is 1.81. The molecule has 5 nitrogen and oxygen atoms in total. The number of aromatic nitrogens is 2. The Kier molecular flexibility index (Phi) is 6.14. The first kappa shape index (κ1) is 19.8. The van der Waals surface area contributed by atoms with Gasteiger partial charge in [-0.3, -0.25) is 4.68 Å². The van der Waals surface area contributed by atoms with Crippen molar-refractivity contribution in [3.05, 3.63) is 69.7 Å². The number of thiophene rings is 1. The second kappa shape index (κ2) is 8.37. The molecule has 2 heterocycles. The quantitative estimate of drug-likeness (QED) is 0.616. The molecule has 2 aromatic heterocycles. The van der Waals surface area contributed by atoms with E-state index >= 15 is 0 Å². The minimum Gasteiger partial charge on any atom is -0.260 e. The molecule has 0 amide bonds. The van der Waals surface area contributed by atoms with E-state index in [1.54, 1.807) is 23.5 Å². The molecule has 27 heavy (non-hydrogen) atoms. The third-order valence-corrected chi connectivity index (χ3v) is 6.86. The van der Waals surface area contributed by atoms with Gasteiger partial charge in [0.15, 0.2) is 0 Å². The first-order chi connectivity index (χ1) is 12.9. The SMILES string of the molecule is CCCc1ccc(S(=O)(=O)NCC(c2cccs2)n2nc(C)cc2C)cc1. The lowest BCUT2D eigenvalue weighted by molar-refractivity contribution is 0.499. The Hall–Kier alpha value is -1.96. The Bertz CT molecular complexity index is 975. The van der Waals surface area contributed by atoms with E-state index in [4.69, 9.17) is 0 Å². The van der Waals surface area contributed by atoms with Crippen LogP contribution in [0, 0.1) is 13.8 Å². The number of hydrogen-bond donors (Lipinski definition) is 1. The molecular weight excluding hydrogens is 378 g/mol. The number of nitrogens with zero attached hydrogens (tertiary/aromatic N) is 2. The molecule has 1 N–H and O–H groups in total. The fourth-order valence-corrected chi connectivity index (χ4v) is 5.00. The van der Waals surface area contributed by atoms with Gasteiger partial charge >= 0.3 is 0 Å². The summed E-state index contributed by atoms with van der Waals surface area (Å²) in [5.74, 6) is 0. The van der Waals surface area contributed by atoms with E-state index in [1.165, 1.54) is 0 Å². The highest BCUT2D eigenvalue weighted by molar-refractivity contribution is 7.89. The molecule has 0 saturated carbocycles. The van der Waals surface area contributed by atoms with Crippen LogP contribution in [-0.2, 0) is 16.4 Å². The van der Waals surface area contributed by atoms with Crippen LogP contribution in [0.15, 0.2) is 52.7 Å². The Morgan fingerprint density at radius 2 is 1.93 bits per heavy atom. The zero-order chi connectivity index (χ0) is 19.4. The van der Waals surface area contributed by atoms with Crippen molar-refractivity contribution in [3.63, 3.8) is 0 Å². The predicted octanol–water partition coefficient (Wildman–Crippen LogP) is 4.08. The normalized spacial score (nSPS) is 13.0. The van der Waals surface area contributed by atoms with Crippen molar-refractivity contribution in [1.29, 1.82) is 0 Å². The molecule has 0 bridgehead atoms. The van der Waals surface area contributed by atoms with Crippen LogP contribution in [0.1, 0.15) is 41.2 Å². The number of hydrogen-bond acceptors (Lipinski definition) is 4. The lowest BCUT2D eigenvalue weighted by Gasteiger charge is -2.19. The highest BCUT2D eigenvalue weighted by atomic mass is 32.2. The molecule has 7 heteroatoms. The van der Waals surface area contributed by atoms with Crippen LogP contribution in [0.2, 0.25) is 0 Å². The van der Waals surface area contributed by atoms with Crippen LogP contribution in [0.5, 0.6) is 0 Å². The third-order valence-electron chi connectivity index (χ3n) is 4.45. The monoisotopic (exact) mass is 403 g/mol. The summed E-state index contributed by atoms with van der Waals surface area (Å²) in [6.07, 6.45) is 1.99. The van der Waals surface area contributed by atoms with Gasteiger partial charge in [0, 0.05) is 17.1 Å². The van der Waals surface area contributed by atoms with Gasteiger partial charge in [0.2, 0.25) is 10.0 Å². The fraction of sp³-hybridized carbons (Fsp3) is 0.350. The van der Waals surface area contributed by atoms with Crippen molar-refractivity contribution in [2.24, 2.45) is 0 Å². The standard InChI is InChI=1S/C20H25N3O2S2/c1-4-6-17-8-10-18(11-9-17)27(24,25)21-14-19(20-7-5-12-26-20)23-16(3)13-15(2)22-23/h5,7-13,19,21H,4,6,14H2,1-3H3. The Morgan fingerprint density at radius 3 is 2.48 bits per heavy atom. The largest absolute Gasteiger partial charge is 0.260 e. The molecule has 1 unspecified atom stereocenters. The smallest absolute Gasteiger partial charge is 0.240 e. The lowest BCUT2D eigenvalue weighted by atomic mass is 10.1. The van der Waals surface area contributed by atoms with E-state index in [0.29, 0.717) is 4.90 Å². The molecule has 3 aromatic rings. The van der Waals surface area contributed by atoms with Gasteiger partial charge in [-0.15, -0.1) is 11.3 Å². The number of nitrogens with one attached hydrogen (secondary N) is 1. The summed E-state index contributed by atoms with van der Waals surface area (Å²) in [5.41, 5.74) is 3.08. The molecule has 0 spiro atoms. The van der Waals surface area contributed by atoms with E-state index in [9.17, 15) is 8.42 Å².